The van der Waals surface area contributed by atoms with Gasteiger partial charge in [-0.15, -0.1) is 0 Å². The number of rotatable bonds is 7. The number of aldehydes is 1. The molecule has 6 rings (SSSR count). The van der Waals surface area contributed by atoms with Crippen LogP contribution in [0, 0.1) is 63.6 Å². The summed E-state index contributed by atoms with van der Waals surface area (Å²) in [5.74, 6) is 1.74. The Balaban J connectivity index is 1.36. The van der Waals surface area contributed by atoms with Crippen LogP contribution in [0.2, 0.25) is 0 Å². The van der Waals surface area contributed by atoms with Gasteiger partial charge in [0.2, 0.25) is 0 Å². The van der Waals surface area contributed by atoms with Crippen LogP contribution >= 0.6 is 0 Å². The Kier molecular flexibility index (Phi) is 6.06. The molecule has 5 fully saturated rings. The van der Waals surface area contributed by atoms with Gasteiger partial charge in [-0.1, -0.05) is 52.7 Å². The largest absolute Gasteiger partial charge is 0.481 e. The summed E-state index contributed by atoms with van der Waals surface area (Å²) in [4.78, 5) is 26.8. The van der Waals surface area contributed by atoms with Gasteiger partial charge in [0, 0.05) is 11.8 Å². The summed E-state index contributed by atoms with van der Waals surface area (Å²) in [6, 6.07) is 0. The van der Waals surface area contributed by atoms with E-state index in [9.17, 15) is 14.7 Å². The number of carboxylic acids is 1. The fourth-order valence-corrected chi connectivity index (χ4v) is 10.8. The van der Waals surface area contributed by atoms with Crippen LogP contribution in [0.15, 0.2) is 11.6 Å². The highest BCUT2D eigenvalue weighted by molar-refractivity contribution is 5.90. The molecule has 2 aliphatic heterocycles. The van der Waals surface area contributed by atoms with Gasteiger partial charge < -0.3 is 24.1 Å². The predicted octanol–water partition coefficient (Wildman–Crippen LogP) is 5.35. The van der Waals surface area contributed by atoms with Crippen molar-refractivity contribution in [3.8, 4) is 0 Å². The zero-order valence-electron chi connectivity index (χ0n) is 23.4. The first-order valence-corrected chi connectivity index (χ1v) is 14.8. The molecule has 4 unspecified atom stereocenters. The number of allylic oxidation sites excluding steroid dienone is 1. The van der Waals surface area contributed by atoms with Crippen molar-refractivity contribution in [2.24, 2.45) is 63.6 Å². The van der Waals surface area contributed by atoms with E-state index in [0.29, 0.717) is 42.6 Å². The van der Waals surface area contributed by atoms with Crippen molar-refractivity contribution in [2.75, 3.05) is 13.2 Å². The second-order valence-electron chi connectivity index (χ2n) is 14.2. The first-order chi connectivity index (χ1) is 17.5. The molecule has 0 aromatic rings. The Labute approximate surface area is 221 Å². The zero-order chi connectivity index (χ0) is 26.5. The molecule has 6 aliphatic rings. The molecule has 6 nitrogen and oxygen atoms in total. The van der Waals surface area contributed by atoms with Crippen LogP contribution in [0.4, 0.5) is 0 Å². The molecule has 2 heterocycles. The minimum atomic E-state index is -1.19. The van der Waals surface area contributed by atoms with Gasteiger partial charge in [-0.05, 0) is 73.5 Å². The first kappa shape index (κ1) is 26.0. The molecule has 0 aromatic heterocycles. The minimum absolute atomic E-state index is 0.0518. The standard InChI is InChI=1S/C31H46O6/c1-16(2)23-13-35-27-19(6)37-26(10-21(23)27)36-15-30-12-22-18(5)7-8-24(22)29(14-32)11-20(30)9-25(17(3)4)31(29,30)28(33)34/h9,14,16-24,26-27H,7-8,10-13,15H2,1-6H3,(H,33,34)/t18-,19-,20?,21-,22-,23-,24-,26-,27-,29?,30?,31?/m1/s1. The van der Waals surface area contributed by atoms with Crippen LogP contribution in [-0.2, 0) is 23.8 Å². The first-order valence-electron chi connectivity index (χ1n) is 14.8. The van der Waals surface area contributed by atoms with E-state index in [0.717, 1.165) is 44.1 Å². The SMILES string of the molecule is CC(C)C1=CC2CC3(C=O)[C@@H]4CC[C@@H](C)[C@H]4CC2(CO[C@H]2C[C@H]4[C@H](OC[C@@H]4C(C)C)[C@@H](C)O2)C13C(=O)O. The molecule has 3 saturated carbocycles. The zero-order valence-corrected chi connectivity index (χ0v) is 23.4. The Bertz CT molecular complexity index is 982. The van der Waals surface area contributed by atoms with E-state index in [2.05, 4.69) is 47.6 Å². The van der Waals surface area contributed by atoms with E-state index in [1.807, 2.05) is 0 Å². The molecule has 2 saturated heterocycles. The molecule has 1 N–H and O–H groups in total. The number of ether oxygens (including phenoxy) is 3. The summed E-state index contributed by atoms with van der Waals surface area (Å²) in [7, 11) is 0. The highest BCUT2D eigenvalue weighted by Crippen LogP contribution is 2.82. The number of hydrogen-bond acceptors (Lipinski definition) is 5. The maximum absolute atomic E-state index is 13.6. The van der Waals surface area contributed by atoms with Crippen LogP contribution in [0.5, 0.6) is 0 Å². The lowest BCUT2D eigenvalue weighted by atomic mass is 9.43. The summed E-state index contributed by atoms with van der Waals surface area (Å²) in [5, 5.41) is 11.2. The predicted molar refractivity (Wildman–Crippen MR) is 138 cm³/mol. The van der Waals surface area contributed by atoms with Gasteiger partial charge >= 0.3 is 5.97 Å². The van der Waals surface area contributed by atoms with Gasteiger partial charge in [0.1, 0.15) is 11.7 Å². The van der Waals surface area contributed by atoms with Gasteiger partial charge in [-0.3, -0.25) is 4.79 Å². The number of aliphatic carboxylic acids is 1. The fraction of sp³-hybridized carbons (Fsp3) is 0.871. The lowest BCUT2D eigenvalue weighted by Gasteiger charge is -2.58. The summed E-state index contributed by atoms with van der Waals surface area (Å²) < 4.78 is 19.2. The molecular weight excluding hydrogens is 468 g/mol. The van der Waals surface area contributed by atoms with Crippen molar-refractivity contribution in [1.82, 2.24) is 0 Å². The van der Waals surface area contributed by atoms with Gasteiger partial charge in [-0.25, -0.2) is 0 Å². The molecule has 12 atom stereocenters. The lowest BCUT2D eigenvalue weighted by molar-refractivity contribution is -0.251. The van der Waals surface area contributed by atoms with Crippen LogP contribution < -0.4 is 0 Å². The lowest BCUT2D eigenvalue weighted by Crippen LogP contribution is -2.63. The third-order valence-electron chi connectivity index (χ3n) is 12.3. The third-order valence-corrected chi connectivity index (χ3v) is 12.3. The van der Waals surface area contributed by atoms with Gasteiger partial charge in [0.05, 0.1) is 30.8 Å². The van der Waals surface area contributed by atoms with Crippen molar-refractivity contribution in [3.63, 3.8) is 0 Å². The molecule has 37 heavy (non-hydrogen) atoms. The maximum Gasteiger partial charge on any atom is 0.315 e. The summed E-state index contributed by atoms with van der Waals surface area (Å²) in [5.41, 5.74) is -1.67. The molecule has 0 radical (unpaired) electrons. The number of carbonyl (C=O) groups is 2. The van der Waals surface area contributed by atoms with E-state index in [1.54, 1.807) is 0 Å². The number of hydrogen-bond donors (Lipinski definition) is 1. The average Bonchev–Trinajstić information content (AvgIpc) is 3.55. The normalized spacial score (nSPS) is 51.9. The van der Waals surface area contributed by atoms with E-state index in [4.69, 9.17) is 14.2 Å². The molecule has 4 bridgehead atoms. The number of carbonyl (C=O) groups excluding carboxylic acids is 1. The van der Waals surface area contributed by atoms with Crippen LogP contribution in [0.25, 0.3) is 0 Å². The average molecular weight is 515 g/mol. The van der Waals surface area contributed by atoms with Crippen molar-refractivity contribution < 1.29 is 28.9 Å². The highest BCUT2D eigenvalue weighted by Gasteiger charge is 2.84. The molecule has 4 aliphatic carbocycles. The van der Waals surface area contributed by atoms with E-state index >= 15 is 0 Å². The third kappa shape index (κ3) is 3.10. The molecule has 6 heteroatoms. The van der Waals surface area contributed by atoms with Crippen LogP contribution in [0.1, 0.15) is 73.6 Å². The van der Waals surface area contributed by atoms with E-state index in [1.165, 1.54) is 0 Å². The van der Waals surface area contributed by atoms with Crippen molar-refractivity contribution >= 4 is 12.3 Å². The Morgan fingerprint density at radius 1 is 1.19 bits per heavy atom. The van der Waals surface area contributed by atoms with Gasteiger partial charge in [0.15, 0.2) is 6.29 Å². The monoisotopic (exact) mass is 514 g/mol. The summed E-state index contributed by atoms with van der Waals surface area (Å²) >= 11 is 0. The summed E-state index contributed by atoms with van der Waals surface area (Å²) in [6.07, 6.45) is 7.30. The molecule has 0 amide bonds. The fourth-order valence-electron chi connectivity index (χ4n) is 10.8. The van der Waals surface area contributed by atoms with Gasteiger partial charge in [-0.2, -0.15) is 0 Å². The topological polar surface area (TPSA) is 82.1 Å². The van der Waals surface area contributed by atoms with E-state index in [-0.39, 0.29) is 36.3 Å². The number of carboxylic acid groups (broad SMARTS) is 1. The number of fused-ring (bicyclic) bond motifs is 3. The van der Waals surface area contributed by atoms with Crippen LogP contribution in [-0.4, -0.2) is 49.1 Å². The second kappa shape index (κ2) is 8.63. The summed E-state index contributed by atoms with van der Waals surface area (Å²) in [6.45, 7) is 14.2. The molecule has 0 aromatic carbocycles. The smallest absolute Gasteiger partial charge is 0.315 e. The Morgan fingerprint density at radius 2 is 1.95 bits per heavy atom. The Morgan fingerprint density at radius 3 is 2.59 bits per heavy atom. The second-order valence-corrected chi connectivity index (χ2v) is 14.2. The van der Waals surface area contributed by atoms with Gasteiger partial charge in [0.25, 0.3) is 0 Å². The van der Waals surface area contributed by atoms with Crippen LogP contribution in [0.3, 0.4) is 0 Å². The van der Waals surface area contributed by atoms with E-state index < -0.39 is 22.2 Å². The van der Waals surface area contributed by atoms with Crippen molar-refractivity contribution in [1.29, 1.82) is 0 Å². The molecule has 206 valence electrons. The quantitative estimate of drug-likeness (QED) is 0.364. The molecular formula is C31H46O6. The maximum atomic E-state index is 13.6. The highest BCUT2D eigenvalue weighted by atomic mass is 16.7. The van der Waals surface area contributed by atoms with Crippen molar-refractivity contribution in [3.05, 3.63) is 11.6 Å². The molecule has 0 spiro atoms. The minimum Gasteiger partial charge on any atom is -0.481 e. The van der Waals surface area contributed by atoms with Crippen molar-refractivity contribution in [2.45, 2.75) is 92.1 Å². The Hall–Kier alpha value is -1.24.